The molecule has 0 spiro atoms. The predicted molar refractivity (Wildman–Crippen MR) is 76.8 cm³/mol. The van der Waals surface area contributed by atoms with E-state index < -0.39 is 5.82 Å². The summed E-state index contributed by atoms with van der Waals surface area (Å²) in [6, 6.07) is 10.9. The van der Waals surface area contributed by atoms with Crippen molar-refractivity contribution in [2.45, 2.75) is 13.0 Å². The number of nitrogens with zero attached hydrogens (tertiary/aromatic N) is 1. The molecule has 0 saturated carbocycles. The maximum Gasteiger partial charge on any atom is 0.148 e. The minimum atomic E-state index is -0.625. The second-order valence-electron chi connectivity index (χ2n) is 4.49. The Bertz CT molecular complexity index is 693. The quantitative estimate of drug-likeness (QED) is 0.933. The van der Waals surface area contributed by atoms with E-state index in [0.29, 0.717) is 17.1 Å². The van der Waals surface area contributed by atoms with Crippen LogP contribution in [-0.4, -0.2) is 7.11 Å². The van der Waals surface area contributed by atoms with E-state index in [-0.39, 0.29) is 17.4 Å². The van der Waals surface area contributed by atoms with E-state index in [0.717, 1.165) is 0 Å². The van der Waals surface area contributed by atoms with Gasteiger partial charge >= 0.3 is 0 Å². The van der Waals surface area contributed by atoms with Crippen LogP contribution in [0.5, 0.6) is 17.2 Å². The fraction of sp³-hybridized carbons (Fsp3) is 0.188. The molecule has 0 aliphatic rings. The average molecular weight is 286 g/mol. The summed E-state index contributed by atoms with van der Waals surface area (Å²) in [5.74, 6) is 0.539. The number of ether oxygens (including phenoxy) is 2. The standard InChI is InChI=1S/C16H15FN2O2/c1-10(19)16-14(20-2)7-4-8-15(16)21-13-6-3-5-12(17)11(13)9-18/h3-8,10H,19H2,1-2H3/t10-/m1/s1. The molecule has 2 N–H and O–H groups in total. The maximum absolute atomic E-state index is 13.6. The SMILES string of the molecule is COc1cccc(Oc2cccc(F)c2C#N)c1[C@@H](C)N. The monoisotopic (exact) mass is 286 g/mol. The molecule has 0 heterocycles. The average Bonchev–Trinajstić information content (AvgIpc) is 2.47. The Hall–Kier alpha value is -2.58. The van der Waals surface area contributed by atoms with Gasteiger partial charge in [0, 0.05) is 6.04 Å². The van der Waals surface area contributed by atoms with Gasteiger partial charge in [0.15, 0.2) is 0 Å². The van der Waals surface area contributed by atoms with Crippen LogP contribution in [0.4, 0.5) is 4.39 Å². The molecule has 0 saturated heterocycles. The van der Waals surface area contributed by atoms with Crippen LogP contribution >= 0.6 is 0 Å². The van der Waals surface area contributed by atoms with E-state index in [2.05, 4.69) is 0 Å². The molecule has 0 aliphatic carbocycles. The highest BCUT2D eigenvalue weighted by Gasteiger charge is 2.17. The third-order valence-electron chi connectivity index (χ3n) is 3.01. The Morgan fingerprint density at radius 3 is 2.38 bits per heavy atom. The van der Waals surface area contributed by atoms with Gasteiger partial charge in [0.1, 0.15) is 34.7 Å². The summed E-state index contributed by atoms with van der Waals surface area (Å²) in [5.41, 5.74) is 6.46. The maximum atomic E-state index is 13.6. The van der Waals surface area contributed by atoms with Crippen molar-refractivity contribution in [3.05, 3.63) is 53.3 Å². The van der Waals surface area contributed by atoms with Gasteiger partial charge in [-0.15, -0.1) is 0 Å². The van der Waals surface area contributed by atoms with E-state index >= 15 is 0 Å². The van der Waals surface area contributed by atoms with Crippen molar-refractivity contribution < 1.29 is 13.9 Å². The summed E-state index contributed by atoms with van der Waals surface area (Å²) < 4.78 is 24.6. The van der Waals surface area contributed by atoms with Crippen LogP contribution in [0.1, 0.15) is 24.1 Å². The van der Waals surface area contributed by atoms with Crippen molar-refractivity contribution in [1.82, 2.24) is 0 Å². The Morgan fingerprint density at radius 1 is 1.14 bits per heavy atom. The predicted octanol–water partition coefficient (Wildman–Crippen LogP) is 3.52. The van der Waals surface area contributed by atoms with E-state index in [1.165, 1.54) is 25.3 Å². The molecule has 0 unspecified atom stereocenters. The fourth-order valence-corrected chi connectivity index (χ4v) is 2.06. The van der Waals surface area contributed by atoms with Crippen molar-refractivity contribution in [2.24, 2.45) is 5.73 Å². The Balaban J connectivity index is 2.51. The Morgan fingerprint density at radius 2 is 1.76 bits per heavy atom. The first-order valence-electron chi connectivity index (χ1n) is 6.37. The summed E-state index contributed by atoms with van der Waals surface area (Å²) in [6.45, 7) is 1.79. The molecule has 0 amide bonds. The molecule has 4 nitrogen and oxygen atoms in total. The van der Waals surface area contributed by atoms with Crippen LogP contribution < -0.4 is 15.2 Å². The topological polar surface area (TPSA) is 68.3 Å². The summed E-state index contributed by atoms with van der Waals surface area (Å²) in [7, 11) is 1.54. The van der Waals surface area contributed by atoms with Gasteiger partial charge < -0.3 is 15.2 Å². The minimum absolute atomic E-state index is 0.143. The van der Waals surface area contributed by atoms with Crippen LogP contribution in [0.25, 0.3) is 0 Å². The Kier molecular flexibility index (Phi) is 4.41. The molecule has 1 atom stereocenters. The smallest absolute Gasteiger partial charge is 0.148 e. The van der Waals surface area contributed by atoms with Crippen LogP contribution in [0.15, 0.2) is 36.4 Å². The van der Waals surface area contributed by atoms with E-state index in [1.807, 2.05) is 0 Å². The van der Waals surface area contributed by atoms with Gasteiger partial charge in [-0.25, -0.2) is 4.39 Å². The first-order valence-corrected chi connectivity index (χ1v) is 6.37. The van der Waals surface area contributed by atoms with Gasteiger partial charge in [0.2, 0.25) is 0 Å². The zero-order valence-corrected chi connectivity index (χ0v) is 11.8. The molecule has 0 radical (unpaired) electrons. The van der Waals surface area contributed by atoms with E-state index in [4.69, 9.17) is 20.5 Å². The lowest BCUT2D eigenvalue weighted by molar-refractivity contribution is 0.397. The van der Waals surface area contributed by atoms with Gasteiger partial charge in [0.25, 0.3) is 0 Å². The number of nitriles is 1. The van der Waals surface area contributed by atoms with Gasteiger partial charge in [-0.3, -0.25) is 0 Å². The summed E-state index contributed by atoms with van der Waals surface area (Å²) in [6.07, 6.45) is 0. The summed E-state index contributed by atoms with van der Waals surface area (Å²) >= 11 is 0. The van der Waals surface area contributed by atoms with Crippen molar-refractivity contribution >= 4 is 0 Å². The summed E-state index contributed by atoms with van der Waals surface area (Å²) in [5, 5.41) is 9.04. The number of nitrogens with two attached hydrogens (primary N) is 1. The lowest BCUT2D eigenvalue weighted by Crippen LogP contribution is -2.09. The van der Waals surface area contributed by atoms with Gasteiger partial charge in [-0.05, 0) is 31.2 Å². The van der Waals surface area contributed by atoms with Crippen molar-refractivity contribution in [1.29, 1.82) is 5.26 Å². The number of rotatable bonds is 4. The van der Waals surface area contributed by atoms with Crippen LogP contribution in [-0.2, 0) is 0 Å². The minimum Gasteiger partial charge on any atom is -0.496 e. The van der Waals surface area contributed by atoms with Crippen LogP contribution in [0.2, 0.25) is 0 Å². The third kappa shape index (κ3) is 2.96. The number of hydrogen-bond acceptors (Lipinski definition) is 4. The van der Waals surface area contributed by atoms with Crippen molar-refractivity contribution in [2.75, 3.05) is 7.11 Å². The molecular weight excluding hydrogens is 271 g/mol. The zero-order chi connectivity index (χ0) is 15.4. The third-order valence-corrected chi connectivity index (χ3v) is 3.01. The first-order chi connectivity index (χ1) is 10.1. The molecule has 0 bridgehead atoms. The first kappa shape index (κ1) is 14.8. The van der Waals surface area contributed by atoms with Crippen molar-refractivity contribution in [3.8, 4) is 23.3 Å². The highest BCUT2D eigenvalue weighted by molar-refractivity contribution is 5.51. The highest BCUT2D eigenvalue weighted by atomic mass is 19.1. The van der Waals surface area contributed by atoms with Crippen LogP contribution in [0, 0.1) is 17.1 Å². The second-order valence-corrected chi connectivity index (χ2v) is 4.49. The molecule has 21 heavy (non-hydrogen) atoms. The number of methoxy groups -OCH3 is 1. The molecule has 0 aromatic heterocycles. The highest BCUT2D eigenvalue weighted by Crippen LogP contribution is 2.36. The van der Waals surface area contributed by atoms with Gasteiger partial charge in [-0.1, -0.05) is 12.1 Å². The molecular formula is C16H15FN2O2. The molecule has 0 fully saturated rings. The van der Waals surface area contributed by atoms with Gasteiger partial charge in [-0.2, -0.15) is 5.26 Å². The van der Waals surface area contributed by atoms with Crippen molar-refractivity contribution in [3.63, 3.8) is 0 Å². The molecule has 2 rings (SSSR count). The fourth-order valence-electron chi connectivity index (χ4n) is 2.06. The summed E-state index contributed by atoms with van der Waals surface area (Å²) in [4.78, 5) is 0. The lowest BCUT2D eigenvalue weighted by Gasteiger charge is -2.17. The second kappa shape index (κ2) is 6.25. The van der Waals surface area contributed by atoms with E-state index in [9.17, 15) is 4.39 Å². The molecule has 108 valence electrons. The number of hydrogen-bond donors (Lipinski definition) is 1. The lowest BCUT2D eigenvalue weighted by atomic mass is 10.1. The largest absolute Gasteiger partial charge is 0.496 e. The molecule has 2 aromatic rings. The van der Waals surface area contributed by atoms with E-state index in [1.54, 1.807) is 31.2 Å². The number of benzene rings is 2. The Labute approximate surface area is 122 Å². The zero-order valence-electron chi connectivity index (χ0n) is 11.8. The molecule has 5 heteroatoms. The number of halogens is 1. The normalized spacial score (nSPS) is 11.6. The molecule has 0 aliphatic heterocycles. The molecule has 2 aromatic carbocycles. The van der Waals surface area contributed by atoms with Gasteiger partial charge in [0.05, 0.1) is 12.7 Å². The van der Waals surface area contributed by atoms with Crippen LogP contribution in [0.3, 0.4) is 0 Å².